The molecule has 4 rings (SSSR count). The number of nitrogens with zero attached hydrogens (tertiary/aromatic N) is 3. The Kier molecular flexibility index (Phi) is 5.57. The molecule has 0 N–H and O–H groups in total. The predicted molar refractivity (Wildman–Crippen MR) is 119 cm³/mol. The summed E-state index contributed by atoms with van der Waals surface area (Å²) in [7, 11) is 1.48. The molecule has 1 heterocycles. The van der Waals surface area contributed by atoms with Gasteiger partial charge in [-0.15, -0.1) is 0 Å². The first-order valence-electron chi connectivity index (χ1n) is 9.55. The van der Waals surface area contributed by atoms with E-state index in [2.05, 4.69) is 10.1 Å². The van der Waals surface area contributed by atoms with Crippen LogP contribution in [0.1, 0.15) is 12.5 Å². The van der Waals surface area contributed by atoms with Gasteiger partial charge >= 0.3 is 5.97 Å². The van der Waals surface area contributed by atoms with E-state index < -0.39 is 5.97 Å². The lowest BCUT2D eigenvalue weighted by Crippen LogP contribution is -2.20. The molecule has 1 aromatic heterocycles. The first-order valence-corrected chi connectivity index (χ1v) is 9.55. The van der Waals surface area contributed by atoms with Crippen LogP contribution in [-0.4, -0.2) is 29.0 Å². The molecule has 3 aromatic carbocycles. The third-order valence-electron chi connectivity index (χ3n) is 4.57. The molecule has 0 saturated heterocycles. The summed E-state index contributed by atoms with van der Waals surface area (Å²) in [6.45, 7) is 1.30. The Morgan fingerprint density at radius 3 is 2.48 bits per heavy atom. The number of para-hydroxylation sites is 2. The lowest BCUT2D eigenvalue weighted by atomic mass is 10.2. The molecule has 0 amide bonds. The molecular formula is C24H19N3O4. The zero-order valence-corrected chi connectivity index (χ0v) is 17.0. The highest BCUT2D eigenvalue weighted by Crippen LogP contribution is 2.30. The molecule has 0 radical (unpaired) electrons. The molecule has 0 aliphatic rings. The summed E-state index contributed by atoms with van der Waals surface area (Å²) in [6, 6.07) is 21.6. The minimum absolute atomic E-state index is 0.226. The van der Waals surface area contributed by atoms with Gasteiger partial charge in [0.2, 0.25) is 0 Å². The second kappa shape index (κ2) is 8.62. The van der Waals surface area contributed by atoms with Gasteiger partial charge < -0.3 is 9.47 Å². The summed E-state index contributed by atoms with van der Waals surface area (Å²) in [5, 5.41) is 4.86. The van der Waals surface area contributed by atoms with Crippen molar-refractivity contribution in [3.63, 3.8) is 0 Å². The van der Waals surface area contributed by atoms with E-state index in [1.807, 2.05) is 36.4 Å². The van der Waals surface area contributed by atoms with Gasteiger partial charge in [-0.2, -0.15) is 9.78 Å². The molecule has 7 nitrogen and oxygen atoms in total. The van der Waals surface area contributed by atoms with E-state index in [4.69, 9.17) is 9.47 Å². The maximum Gasteiger partial charge on any atom is 0.308 e. The normalized spacial score (nSPS) is 11.0. The maximum absolute atomic E-state index is 13.2. The average molecular weight is 413 g/mol. The van der Waals surface area contributed by atoms with Crippen molar-refractivity contribution in [1.29, 1.82) is 0 Å². The number of methoxy groups -OCH3 is 1. The number of hydrogen-bond donors (Lipinski definition) is 0. The van der Waals surface area contributed by atoms with Crippen LogP contribution in [0.25, 0.3) is 22.3 Å². The van der Waals surface area contributed by atoms with Gasteiger partial charge in [-0.3, -0.25) is 9.59 Å². The minimum Gasteiger partial charge on any atom is -0.493 e. The average Bonchev–Trinajstić information content (AvgIpc) is 2.79. The van der Waals surface area contributed by atoms with Crippen molar-refractivity contribution in [2.75, 3.05) is 7.11 Å². The summed E-state index contributed by atoms with van der Waals surface area (Å²) in [5.74, 6) is 0.516. The third kappa shape index (κ3) is 4.06. The van der Waals surface area contributed by atoms with Gasteiger partial charge in [0, 0.05) is 18.1 Å². The summed E-state index contributed by atoms with van der Waals surface area (Å²) in [5.41, 5.74) is 1.50. The summed E-state index contributed by atoms with van der Waals surface area (Å²) >= 11 is 0. The monoisotopic (exact) mass is 413 g/mol. The van der Waals surface area contributed by atoms with Crippen LogP contribution in [0.5, 0.6) is 11.5 Å². The fourth-order valence-electron chi connectivity index (χ4n) is 3.17. The number of aromatic nitrogens is 2. The van der Waals surface area contributed by atoms with Gasteiger partial charge in [0.25, 0.3) is 5.56 Å². The minimum atomic E-state index is -0.492. The van der Waals surface area contributed by atoms with Crippen molar-refractivity contribution in [3.05, 3.63) is 88.7 Å². The number of hydrogen-bond acceptors (Lipinski definition) is 6. The van der Waals surface area contributed by atoms with Gasteiger partial charge in [0.15, 0.2) is 17.3 Å². The standard InChI is InChI=1S/C24H19N3O4/c1-16(28)31-22-18(11-8-14-21(22)30-2)15-25-27-23(17-9-4-3-5-10-17)26-20-13-7-6-12-19(20)24(27)29/h3-15H,1-2H3. The van der Waals surface area contributed by atoms with Crippen LogP contribution in [0.4, 0.5) is 0 Å². The van der Waals surface area contributed by atoms with Crippen LogP contribution >= 0.6 is 0 Å². The lowest BCUT2D eigenvalue weighted by Gasteiger charge is -2.11. The summed E-state index contributed by atoms with van der Waals surface area (Å²) < 4.78 is 11.9. The van der Waals surface area contributed by atoms with Gasteiger partial charge in [-0.25, -0.2) is 4.98 Å². The summed E-state index contributed by atoms with van der Waals surface area (Å²) in [6.07, 6.45) is 1.45. The lowest BCUT2D eigenvalue weighted by molar-refractivity contribution is -0.132. The van der Waals surface area contributed by atoms with Gasteiger partial charge in [0.05, 0.1) is 24.2 Å². The van der Waals surface area contributed by atoms with Gasteiger partial charge in [-0.05, 0) is 24.3 Å². The van der Waals surface area contributed by atoms with Crippen molar-refractivity contribution in [2.24, 2.45) is 5.10 Å². The van der Waals surface area contributed by atoms with Crippen LogP contribution < -0.4 is 15.0 Å². The van der Waals surface area contributed by atoms with E-state index in [-0.39, 0.29) is 11.3 Å². The molecule has 154 valence electrons. The van der Waals surface area contributed by atoms with E-state index in [0.29, 0.717) is 28.0 Å². The fourth-order valence-corrected chi connectivity index (χ4v) is 3.17. The Bertz CT molecular complexity index is 1340. The molecular weight excluding hydrogens is 394 g/mol. The van der Waals surface area contributed by atoms with Crippen LogP contribution in [-0.2, 0) is 4.79 Å². The maximum atomic E-state index is 13.2. The molecule has 0 saturated carbocycles. The number of esters is 1. The number of fused-ring (bicyclic) bond motifs is 1. The summed E-state index contributed by atoms with van der Waals surface area (Å²) in [4.78, 5) is 29.5. The molecule has 7 heteroatoms. The number of benzene rings is 3. The van der Waals surface area contributed by atoms with Gasteiger partial charge in [0.1, 0.15) is 0 Å². The Hall–Kier alpha value is -4.26. The van der Waals surface area contributed by atoms with E-state index in [9.17, 15) is 9.59 Å². The highest BCUT2D eigenvalue weighted by atomic mass is 16.6. The highest BCUT2D eigenvalue weighted by Gasteiger charge is 2.14. The third-order valence-corrected chi connectivity index (χ3v) is 4.57. The van der Waals surface area contributed by atoms with Crippen LogP contribution in [0.2, 0.25) is 0 Å². The second-order valence-corrected chi connectivity index (χ2v) is 6.65. The van der Waals surface area contributed by atoms with Gasteiger partial charge in [-0.1, -0.05) is 48.5 Å². The van der Waals surface area contributed by atoms with E-state index >= 15 is 0 Å². The predicted octanol–water partition coefficient (Wildman–Crippen LogP) is 3.88. The number of carbonyl (C=O) groups excluding carboxylic acids is 1. The van der Waals surface area contributed by atoms with E-state index in [0.717, 1.165) is 5.56 Å². The van der Waals surface area contributed by atoms with Crippen molar-refractivity contribution >= 4 is 23.1 Å². The molecule has 31 heavy (non-hydrogen) atoms. The Labute approximate surface area is 178 Å². The van der Waals surface area contributed by atoms with Crippen LogP contribution in [0.15, 0.2) is 82.7 Å². The zero-order valence-electron chi connectivity index (χ0n) is 17.0. The molecule has 4 aromatic rings. The van der Waals surface area contributed by atoms with Crippen molar-refractivity contribution in [2.45, 2.75) is 6.92 Å². The second-order valence-electron chi connectivity index (χ2n) is 6.65. The molecule has 0 bridgehead atoms. The molecule has 0 atom stereocenters. The van der Waals surface area contributed by atoms with Crippen molar-refractivity contribution < 1.29 is 14.3 Å². The molecule has 0 unspecified atom stereocenters. The Morgan fingerprint density at radius 2 is 1.74 bits per heavy atom. The zero-order chi connectivity index (χ0) is 21.8. The topological polar surface area (TPSA) is 82.8 Å². The fraction of sp³-hybridized carbons (Fsp3) is 0.0833. The molecule has 0 fully saturated rings. The van der Waals surface area contributed by atoms with Crippen LogP contribution in [0, 0.1) is 0 Å². The number of rotatable bonds is 5. The first kappa shape index (κ1) is 20.0. The molecule has 0 aliphatic carbocycles. The first-order chi connectivity index (χ1) is 15.1. The Balaban J connectivity index is 1.91. The number of ether oxygens (including phenoxy) is 2. The van der Waals surface area contributed by atoms with E-state index in [1.54, 1.807) is 36.4 Å². The SMILES string of the molecule is COc1cccc(C=Nn2c(-c3ccccc3)nc3ccccc3c2=O)c1OC(C)=O. The van der Waals surface area contributed by atoms with Crippen molar-refractivity contribution in [3.8, 4) is 22.9 Å². The van der Waals surface area contributed by atoms with Crippen LogP contribution in [0.3, 0.4) is 0 Å². The quantitative estimate of drug-likeness (QED) is 0.282. The smallest absolute Gasteiger partial charge is 0.308 e. The highest BCUT2D eigenvalue weighted by molar-refractivity contribution is 5.87. The molecule has 0 spiro atoms. The van der Waals surface area contributed by atoms with E-state index in [1.165, 1.54) is 24.9 Å². The number of carbonyl (C=O) groups is 1. The largest absolute Gasteiger partial charge is 0.493 e. The van der Waals surface area contributed by atoms with Crippen molar-refractivity contribution in [1.82, 2.24) is 9.66 Å². The molecule has 0 aliphatic heterocycles. The Morgan fingerprint density at radius 1 is 1.00 bits per heavy atom.